The summed E-state index contributed by atoms with van der Waals surface area (Å²) in [5, 5.41) is 9.84. The zero-order valence-corrected chi connectivity index (χ0v) is 13.4. The van der Waals surface area contributed by atoms with Crippen LogP contribution in [0.1, 0.15) is 12.5 Å². The highest BCUT2D eigenvalue weighted by molar-refractivity contribution is 6.61. The topological polar surface area (TPSA) is 60.7 Å². The molecule has 2 aliphatic rings. The molecule has 1 aromatic rings. The molecule has 1 aromatic carbocycles. The molecule has 0 atom stereocenters. The first kappa shape index (κ1) is 15.8. The minimum Gasteiger partial charge on any atom is -0.423 e. The minimum atomic E-state index is -0.796. The normalized spacial score (nSPS) is 18.7. The summed E-state index contributed by atoms with van der Waals surface area (Å²) in [7, 11) is -0.796. The van der Waals surface area contributed by atoms with Crippen LogP contribution in [0.4, 0.5) is 5.69 Å². The van der Waals surface area contributed by atoms with Gasteiger partial charge in [0.25, 0.3) is 0 Å². The SMILES string of the molecule is C=N/C(=N\C=C/C)N1CCN(c2ccc3c(c2)B(O)OC3)CC1. The third-order valence-electron chi connectivity index (χ3n) is 4.20. The van der Waals surface area contributed by atoms with E-state index >= 15 is 0 Å². The molecule has 2 heterocycles. The fraction of sp³-hybridized carbons (Fsp3) is 0.375. The van der Waals surface area contributed by atoms with Crippen LogP contribution in [0.15, 0.2) is 40.5 Å². The van der Waals surface area contributed by atoms with Crippen molar-refractivity contribution in [3.63, 3.8) is 0 Å². The van der Waals surface area contributed by atoms with E-state index in [2.05, 4.69) is 32.6 Å². The van der Waals surface area contributed by atoms with Gasteiger partial charge in [-0.3, -0.25) is 0 Å². The second kappa shape index (κ2) is 6.98. The van der Waals surface area contributed by atoms with Crippen molar-refractivity contribution in [3.8, 4) is 0 Å². The van der Waals surface area contributed by atoms with Crippen molar-refractivity contribution in [3.05, 3.63) is 36.0 Å². The van der Waals surface area contributed by atoms with E-state index in [4.69, 9.17) is 4.65 Å². The number of anilines is 1. The number of aliphatic imine (C=N–C) groups is 2. The first-order valence-corrected chi connectivity index (χ1v) is 7.81. The van der Waals surface area contributed by atoms with Gasteiger partial charge in [-0.2, -0.15) is 0 Å². The number of hydrogen-bond donors (Lipinski definition) is 1. The second-order valence-corrected chi connectivity index (χ2v) is 5.59. The Balaban J connectivity index is 1.67. The number of hydrogen-bond acceptors (Lipinski definition) is 4. The molecule has 1 saturated heterocycles. The van der Waals surface area contributed by atoms with Crippen molar-refractivity contribution < 1.29 is 9.68 Å². The van der Waals surface area contributed by atoms with Gasteiger partial charge in [-0.15, -0.1) is 0 Å². The largest absolute Gasteiger partial charge is 0.491 e. The van der Waals surface area contributed by atoms with E-state index < -0.39 is 7.12 Å². The smallest absolute Gasteiger partial charge is 0.423 e. The van der Waals surface area contributed by atoms with Crippen molar-refractivity contribution >= 4 is 30.9 Å². The summed E-state index contributed by atoms with van der Waals surface area (Å²) in [6.07, 6.45) is 3.61. The van der Waals surface area contributed by atoms with Crippen LogP contribution in [0, 0.1) is 0 Å². The van der Waals surface area contributed by atoms with Gasteiger partial charge in [0.15, 0.2) is 0 Å². The molecule has 3 rings (SSSR count). The Bertz CT molecular complexity index is 639. The molecule has 1 fully saturated rings. The zero-order valence-electron chi connectivity index (χ0n) is 13.4. The van der Waals surface area contributed by atoms with Crippen molar-refractivity contribution in [2.45, 2.75) is 13.5 Å². The van der Waals surface area contributed by atoms with Crippen molar-refractivity contribution in [2.24, 2.45) is 9.98 Å². The number of allylic oxidation sites excluding steroid dienone is 1. The summed E-state index contributed by atoms with van der Waals surface area (Å²) in [5.41, 5.74) is 3.07. The van der Waals surface area contributed by atoms with Crippen LogP contribution in [0.2, 0.25) is 0 Å². The number of rotatable bonds is 2. The summed E-state index contributed by atoms with van der Waals surface area (Å²) in [4.78, 5) is 12.8. The molecule has 2 aliphatic heterocycles. The van der Waals surface area contributed by atoms with E-state index in [1.165, 1.54) is 0 Å². The van der Waals surface area contributed by atoms with Gasteiger partial charge in [0, 0.05) is 38.1 Å². The lowest BCUT2D eigenvalue weighted by Gasteiger charge is -2.36. The fourth-order valence-corrected chi connectivity index (χ4v) is 2.93. The van der Waals surface area contributed by atoms with E-state index in [9.17, 15) is 5.02 Å². The van der Waals surface area contributed by atoms with Gasteiger partial charge in [-0.25, -0.2) is 9.98 Å². The monoisotopic (exact) mass is 312 g/mol. The minimum absolute atomic E-state index is 0.486. The van der Waals surface area contributed by atoms with Crippen LogP contribution in [0.5, 0.6) is 0 Å². The Kier molecular flexibility index (Phi) is 4.78. The zero-order chi connectivity index (χ0) is 16.2. The van der Waals surface area contributed by atoms with Gasteiger partial charge in [0.1, 0.15) is 0 Å². The molecule has 1 N–H and O–H groups in total. The van der Waals surface area contributed by atoms with Crippen LogP contribution < -0.4 is 10.4 Å². The summed E-state index contributed by atoms with van der Waals surface area (Å²) in [6, 6.07) is 6.16. The number of fused-ring (bicyclic) bond motifs is 1. The van der Waals surface area contributed by atoms with Gasteiger partial charge >= 0.3 is 7.12 Å². The van der Waals surface area contributed by atoms with Crippen LogP contribution in [0.25, 0.3) is 0 Å². The summed E-state index contributed by atoms with van der Waals surface area (Å²) >= 11 is 0. The lowest BCUT2D eigenvalue weighted by Crippen LogP contribution is -2.48. The average Bonchev–Trinajstić information content (AvgIpc) is 2.97. The molecule has 0 unspecified atom stereocenters. The molecule has 0 bridgehead atoms. The Morgan fingerprint density at radius 2 is 2.13 bits per heavy atom. The fourth-order valence-electron chi connectivity index (χ4n) is 2.93. The number of piperazine rings is 1. The number of benzene rings is 1. The van der Waals surface area contributed by atoms with Crippen molar-refractivity contribution in [1.82, 2.24) is 4.90 Å². The Labute approximate surface area is 136 Å². The lowest BCUT2D eigenvalue weighted by atomic mass is 9.79. The first-order valence-electron chi connectivity index (χ1n) is 7.81. The first-order chi connectivity index (χ1) is 11.2. The molecule has 0 saturated carbocycles. The quantitative estimate of drug-likeness (QED) is 0.494. The van der Waals surface area contributed by atoms with Crippen molar-refractivity contribution in [2.75, 3.05) is 31.1 Å². The van der Waals surface area contributed by atoms with Crippen LogP contribution in [-0.2, 0) is 11.3 Å². The van der Waals surface area contributed by atoms with E-state index in [-0.39, 0.29) is 0 Å². The number of guanidine groups is 1. The molecule has 0 radical (unpaired) electrons. The van der Waals surface area contributed by atoms with Gasteiger partial charge in [0.05, 0.1) is 6.61 Å². The standard InChI is InChI=1S/C16H21BN4O2/c1-3-6-19-16(18-2)21-9-7-20(8-10-21)14-5-4-13-12-23-17(22)15(13)11-14/h3-6,11,22H,2,7-10,12H2,1H3/b6-3-,19-16+. The lowest BCUT2D eigenvalue weighted by molar-refractivity contribution is 0.275. The van der Waals surface area contributed by atoms with Crippen LogP contribution >= 0.6 is 0 Å². The highest BCUT2D eigenvalue weighted by atomic mass is 16.5. The Morgan fingerprint density at radius 3 is 2.83 bits per heavy atom. The van der Waals surface area contributed by atoms with Gasteiger partial charge < -0.3 is 19.5 Å². The molecular weight excluding hydrogens is 291 g/mol. The summed E-state index contributed by atoms with van der Waals surface area (Å²) < 4.78 is 5.25. The molecule has 0 aromatic heterocycles. The van der Waals surface area contributed by atoms with E-state index in [1.807, 2.05) is 25.1 Å². The molecule has 23 heavy (non-hydrogen) atoms. The van der Waals surface area contributed by atoms with E-state index in [1.54, 1.807) is 6.20 Å². The summed E-state index contributed by atoms with van der Waals surface area (Å²) in [6.45, 7) is 9.44. The highest BCUT2D eigenvalue weighted by Crippen LogP contribution is 2.20. The molecular formula is C16H21BN4O2. The Hall–Kier alpha value is -2.12. The van der Waals surface area contributed by atoms with Crippen LogP contribution in [0.3, 0.4) is 0 Å². The molecule has 7 heteroatoms. The molecule has 0 amide bonds. The van der Waals surface area contributed by atoms with Crippen molar-refractivity contribution in [1.29, 1.82) is 0 Å². The predicted octanol–water partition coefficient (Wildman–Crippen LogP) is 0.616. The average molecular weight is 312 g/mol. The maximum atomic E-state index is 9.84. The third-order valence-corrected chi connectivity index (χ3v) is 4.20. The van der Waals surface area contributed by atoms with Gasteiger partial charge in [-0.1, -0.05) is 12.1 Å². The Morgan fingerprint density at radius 1 is 1.35 bits per heavy atom. The second-order valence-electron chi connectivity index (χ2n) is 5.59. The van der Waals surface area contributed by atoms with E-state index in [0.29, 0.717) is 12.6 Å². The van der Waals surface area contributed by atoms with E-state index in [0.717, 1.165) is 42.9 Å². The van der Waals surface area contributed by atoms with Crippen LogP contribution in [-0.4, -0.2) is 55.9 Å². The number of nitrogens with zero attached hydrogens (tertiary/aromatic N) is 4. The maximum Gasteiger partial charge on any atom is 0.491 e. The third kappa shape index (κ3) is 3.30. The van der Waals surface area contributed by atoms with Gasteiger partial charge in [-0.05, 0) is 36.8 Å². The van der Waals surface area contributed by atoms with Gasteiger partial charge in [0.2, 0.25) is 5.96 Å². The summed E-state index contributed by atoms with van der Waals surface area (Å²) in [5.74, 6) is 0.667. The molecule has 0 spiro atoms. The molecule has 0 aliphatic carbocycles. The predicted molar refractivity (Wildman–Crippen MR) is 94.4 cm³/mol. The maximum absolute atomic E-state index is 9.84. The molecule has 6 nitrogen and oxygen atoms in total. The highest BCUT2D eigenvalue weighted by Gasteiger charge is 2.28. The molecule has 120 valence electrons.